The van der Waals surface area contributed by atoms with Gasteiger partial charge in [-0.1, -0.05) is 6.92 Å². The zero-order valence-electron chi connectivity index (χ0n) is 7.43. The second-order valence-electron chi connectivity index (χ2n) is 2.72. The van der Waals surface area contributed by atoms with Crippen LogP contribution in [0.3, 0.4) is 0 Å². The van der Waals surface area contributed by atoms with Gasteiger partial charge in [-0.2, -0.15) is 0 Å². The van der Waals surface area contributed by atoms with Crippen LogP contribution in [0, 0.1) is 0 Å². The van der Waals surface area contributed by atoms with E-state index in [0.29, 0.717) is 0 Å². The highest BCUT2D eigenvalue weighted by atomic mass is 79.9. The molecule has 1 unspecified atom stereocenters. The van der Waals surface area contributed by atoms with Crippen molar-refractivity contribution in [2.75, 3.05) is 11.9 Å². The zero-order chi connectivity index (χ0) is 9.68. The van der Waals surface area contributed by atoms with Crippen LogP contribution in [0.15, 0.2) is 22.8 Å². The first-order valence-electron chi connectivity index (χ1n) is 4.22. The van der Waals surface area contributed by atoms with E-state index in [1.54, 1.807) is 6.20 Å². The average molecular weight is 264 g/mol. The first kappa shape index (κ1) is 10.8. The van der Waals surface area contributed by atoms with Crippen molar-refractivity contribution in [1.82, 2.24) is 4.98 Å². The summed E-state index contributed by atoms with van der Waals surface area (Å²) < 4.78 is 0.968. The molecule has 0 spiro atoms. The van der Waals surface area contributed by atoms with Gasteiger partial charge in [0.15, 0.2) is 0 Å². The molecule has 2 nitrogen and oxygen atoms in total. The van der Waals surface area contributed by atoms with Gasteiger partial charge in [-0.15, -0.1) is 11.6 Å². The number of nitrogens with one attached hydrogen (secondary N) is 1. The third kappa shape index (κ3) is 3.53. The van der Waals surface area contributed by atoms with Crippen LogP contribution >= 0.6 is 27.5 Å². The van der Waals surface area contributed by atoms with E-state index in [1.165, 1.54) is 0 Å². The minimum atomic E-state index is 0.161. The van der Waals surface area contributed by atoms with Crippen LogP contribution in [0.2, 0.25) is 0 Å². The molecule has 72 valence electrons. The number of aromatic nitrogens is 1. The summed E-state index contributed by atoms with van der Waals surface area (Å²) in [7, 11) is 0. The lowest BCUT2D eigenvalue weighted by Gasteiger charge is -2.09. The molecule has 0 aliphatic rings. The van der Waals surface area contributed by atoms with Crippen LogP contribution in [-0.4, -0.2) is 16.9 Å². The molecule has 0 saturated heterocycles. The Labute approximate surface area is 91.8 Å². The quantitative estimate of drug-likeness (QED) is 0.843. The maximum Gasteiger partial charge on any atom is 0.140 e. The number of alkyl halides is 1. The first-order valence-corrected chi connectivity index (χ1v) is 5.45. The summed E-state index contributed by atoms with van der Waals surface area (Å²) in [5.74, 6) is 0.849. The summed E-state index contributed by atoms with van der Waals surface area (Å²) in [4.78, 5) is 4.17. The summed E-state index contributed by atoms with van der Waals surface area (Å²) in [6.45, 7) is 2.81. The first-order chi connectivity index (χ1) is 6.24. The van der Waals surface area contributed by atoms with E-state index in [9.17, 15) is 0 Å². The van der Waals surface area contributed by atoms with Crippen LogP contribution < -0.4 is 5.32 Å². The molecule has 0 aliphatic carbocycles. The number of nitrogens with zero attached hydrogens (tertiary/aromatic N) is 1. The molecule has 0 fully saturated rings. The Balaban J connectivity index is 2.50. The second-order valence-corrected chi connectivity index (χ2v) is 4.19. The van der Waals surface area contributed by atoms with E-state index in [1.807, 2.05) is 12.1 Å². The lowest BCUT2D eigenvalue weighted by atomic mass is 10.3. The van der Waals surface area contributed by atoms with Gasteiger partial charge in [0.2, 0.25) is 0 Å². The van der Waals surface area contributed by atoms with E-state index < -0.39 is 0 Å². The highest BCUT2D eigenvalue weighted by Gasteiger charge is 2.03. The molecular weight excluding hydrogens is 251 g/mol. The molecule has 0 saturated carbocycles. The van der Waals surface area contributed by atoms with Crippen molar-refractivity contribution in [2.45, 2.75) is 18.7 Å². The van der Waals surface area contributed by atoms with Gasteiger partial charge in [0.1, 0.15) is 5.82 Å². The highest BCUT2D eigenvalue weighted by Crippen LogP contribution is 2.18. The van der Waals surface area contributed by atoms with E-state index in [2.05, 4.69) is 33.2 Å². The number of pyridine rings is 1. The maximum atomic E-state index is 5.96. The van der Waals surface area contributed by atoms with Crippen LogP contribution in [0.1, 0.15) is 13.3 Å². The molecule has 0 radical (unpaired) electrons. The van der Waals surface area contributed by atoms with Crippen LogP contribution in [-0.2, 0) is 0 Å². The number of hydrogen-bond acceptors (Lipinski definition) is 2. The fourth-order valence-electron chi connectivity index (χ4n) is 0.868. The minimum Gasteiger partial charge on any atom is -0.368 e. The largest absolute Gasteiger partial charge is 0.368 e. The molecule has 1 aromatic heterocycles. The van der Waals surface area contributed by atoms with Gasteiger partial charge in [-0.3, -0.25) is 0 Å². The molecule has 1 N–H and O–H groups in total. The molecule has 1 aromatic rings. The summed E-state index contributed by atoms with van der Waals surface area (Å²) in [6, 6.07) is 3.83. The van der Waals surface area contributed by atoms with Crippen molar-refractivity contribution in [1.29, 1.82) is 0 Å². The van der Waals surface area contributed by atoms with Crippen molar-refractivity contribution in [3.63, 3.8) is 0 Å². The molecule has 4 heteroatoms. The minimum absolute atomic E-state index is 0.161. The predicted molar refractivity (Wildman–Crippen MR) is 60.4 cm³/mol. The van der Waals surface area contributed by atoms with Crippen LogP contribution in [0.5, 0.6) is 0 Å². The summed E-state index contributed by atoms with van der Waals surface area (Å²) in [6.07, 6.45) is 2.71. The molecule has 1 rings (SSSR count). The topological polar surface area (TPSA) is 24.9 Å². The molecule has 1 atom stereocenters. The summed E-state index contributed by atoms with van der Waals surface area (Å²) >= 11 is 9.36. The number of halogens is 2. The molecular formula is C9H12BrClN2. The Morgan fingerprint density at radius 1 is 1.69 bits per heavy atom. The van der Waals surface area contributed by atoms with Gasteiger partial charge in [0.25, 0.3) is 0 Å². The van der Waals surface area contributed by atoms with Gasteiger partial charge in [-0.05, 0) is 34.5 Å². The van der Waals surface area contributed by atoms with E-state index in [0.717, 1.165) is 23.3 Å². The van der Waals surface area contributed by atoms with Gasteiger partial charge < -0.3 is 5.32 Å². The van der Waals surface area contributed by atoms with Crippen LogP contribution in [0.4, 0.5) is 5.82 Å². The Kier molecular flexibility index (Phi) is 4.53. The number of hydrogen-bond donors (Lipinski definition) is 1. The van der Waals surface area contributed by atoms with Gasteiger partial charge in [0, 0.05) is 12.7 Å². The van der Waals surface area contributed by atoms with E-state index in [4.69, 9.17) is 11.6 Å². The molecule has 0 bridgehead atoms. The summed E-state index contributed by atoms with van der Waals surface area (Å²) in [5, 5.41) is 3.33. The predicted octanol–water partition coefficient (Wildman–Crippen LogP) is 3.27. The van der Waals surface area contributed by atoms with Gasteiger partial charge >= 0.3 is 0 Å². The zero-order valence-corrected chi connectivity index (χ0v) is 9.77. The normalized spacial score (nSPS) is 12.5. The second kappa shape index (κ2) is 5.45. The van der Waals surface area contributed by atoms with Crippen molar-refractivity contribution in [2.24, 2.45) is 0 Å². The third-order valence-corrected chi connectivity index (χ3v) is 2.80. The van der Waals surface area contributed by atoms with Crippen molar-refractivity contribution < 1.29 is 0 Å². The van der Waals surface area contributed by atoms with Crippen molar-refractivity contribution in [3.8, 4) is 0 Å². The number of anilines is 1. The van der Waals surface area contributed by atoms with Crippen molar-refractivity contribution >= 4 is 33.3 Å². The fraction of sp³-hybridized carbons (Fsp3) is 0.444. The highest BCUT2D eigenvalue weighted by molar-refractivity contribution is 9.10. The molecule has 13 heavy (non-hydrogen) atoms. The van der Waals surface area contributed by atoms with E-state index >= 15 is 0 Å². The third-order valence-electron chi connectivity index (χ3n) is 1.69. The Hall–Kier alpha value is -0.280. The Bertz CT molecular complexity index is 268. The maximum absolute atomic E-state index is 5.96. The average Bonchev–Trinajstić information content (AvgIpc) is 2.16. The van der Waals surface area contributed by atoms with Crippen LogP contribution in [0.25, 0.3) is 0 Å². The monoisotopic (exact) mass is 262 g/mol. The smallest absolute Gasteiger partial charge is 0.140 e. The lowest BCUT2D eigenvalue weighted by molar-refractivity contribution is 0.840. The van der Waals surface area contributed by atoms with Gasteiger partial charge in [0.05, 0.1) is 9.85 Å². The SMILES string of the molecule is CCC(Cl)CNc1ncccc1Br. The number of rotatable bonds is 4. The Morgan fingerprint density at radius 2 is 2.46 bits per heavy atom. The standard InChI is InChI=1S/C9H12BrClN2/c1-2-7(11)6-13-9-8(10)4-3-5-12-9/h3-5,7H,2,6H2,1H3,(H,12,13). The fourth-order valence-corrected chi connectivity index (χ4v) is 1.34. The van der Waals surface area contributed by atoms with Crippen molar-refractivity contribution in [3.05, 3.63) is 22.8 Å². The molecule has 1 heterocycles. The molecule has 0 aliphatic heterocycles. The lowest BCUT2D eigenvalue weighted by Crippen LogP contribution is -2.14. The molecule has 0 aromatic carbocycles. The summed E-state index contributed by atoms with van der Waals surface area (Å²) in [5.41, 5.74) is 0. The molecule has 0 amide bonds. The van der Waals surface area contributed by atoms with Gasteiger partial charge in [-0.25, -0.2) is 4.98 Å². The Morgan fingerprint density at radius 3 is 3.08 bits per heavy atom. The van der Waals surface area contributed by atoms with E-state index in [-0.39, 0.29) is 5.38 Å².